The zero-order valence-electron chi connectivity index (χ0n) is 11.7. The van der Waals surface area contributed by atoms with Crippen molar-refractivity contribution in [2.75, 3.05) is 23.9 Å². The van der Waals surface area contributed by atoms with E-state index in [4.69, 9.17) is 11.5 Å². The van der Waals surface area contributed by atoms with Crippen LogP contribution >= 0.6 is 0 Å². The topological polar surface area (TPSA) is 127 Å². The second-order valence-electron chi connectivity index (χ2n) is 5.28. The minimum atomic E-state index is -3.32. The Bertz CT molecular complexity index is 611. The molecular formula is C12H20N4O3S. The molecule has 0 aliphatic heterocycles. The number of benzene rings is 1. The maximum atomic E-state index is 11.3. The third kappa shape index (κ3) is 5.06. The van der Waals surface area contributed by atoms with Crippen LogP contribution in [0.25, 0.3) is 0 Å². The van der Waals surface area contributed by atoms with Gasteiger partial charge in [-0.1, -0.05) is 0 Å². The van der Waals surface area contributed by atoms with Gasteiger partial charge in [-0.15, -0.1) is 0 Å². The maximum Gasteiger partial charge on any atom is 0.250 e. The Morgan fingerprint density at radius 2 is 1.95 bits per heavy atom. The summed E-state index contributed by atoms with van der Waals surface area (Å²) in [5, 5.41) is 3.00. The molecule has 0 heterocycles. The summed E-state index contributed by atoms with van der Waals surface area (Å²) < 4.78 is 25.0. The molecule has 0 unspecified atom stereocenters. The van der Waals surface area contributed by atoms with E-state index in [9.17, 15) is 13.2 Å². The lowest BCUT2D eigenvalue weighted by Gasteiger charge is -2.26. The first-order chi connectivity index (χ1) is 9.00. The molecule has 0 bridgehead atoms. The molecule has 0 spiro atoms. The molecule has 0 fully saturated rings. The normalized spacial score (nSPS) is 12.2. The fourth-order valence-electron chi connectivity index (χ4n) is 1.77. The van der Waals surface area contributed by atoms with Crippen molar-refractivity contribution in [2.24, 2.45) is 5.73 Å². The van der Waals surface area contributed by atoms with E-state index in [1.807, 2.05) is 0 Å². The van der Waals surface area contributed by atoms with Gasteiger partial charge < -0.3 is 16.8 Å². The second-order valence-corrected chi connectivity index (χ2v) is 7.03. The average molecular weight is 300 g/mol. The molecule has 1 amide bonds. The first kappa shape index (κ1) is 16.3. The van der Waals surface area contributed by atoms with Crippen LogP contribution in [0.3, 0.4) is 0 Å². The molecule has 1 rings (SSSR count). The Hall–Kier alpha value is -1.80. The molecule has 8 heteroatoms. The minimum Gasteiger partial charge on any atom is -0.399 e. The van der Waals surface area contributed by atoms with Crippen LogP contribution in [0.2, 0.25) is 0 Å². The highest BCUT2D eigenvalue weighted by molar-refractivity contribution is 7.88. The predicted octanol–water partition coefficient (Wildman–Crippen LogP) is 0.107. The standard InChI is InChI=1S/C12H20N4O3S/c1-12(2,16-20(3,18)19)7-15-10-5-4-8(13)6-9(10)11(14)17/h4-6,15-16H,7,13H2,1-3H3,(H2,14,17). The number of sulfonamides is 1. The van der Waals surface area contributed by atoms with Gasteiger partial charge in [-0.2, -0.15) is 0 Å². The molecule has 0 radical (unpaired) electrons. The van der Waals surface area contributed by atoms with Crippen LogP contribution in [0.5, 0.6) is 0 Å². The molecule has 7 nitrogen and oxygen atoms in total. The Balaban J connectivity index is 2.87. The zero-order chi connectivity index (χ0) is 15.6. The van der Waals surface area contributed by atoms with Gasteiger partial charge in [0, 0.05) is 23.5 Å². The van der Waals surface area contributed by atoms with Crippen molar-refractivity contribution in [1.29, 1.82) is 0 Å². The minimum absolute atomic E-state index is 0.264. The average Bonchev–Trinajstić information content (AvgIpc) is 2.23. The maximum absolute atomic E-state index is 11.3. The van der Waals surface area contributed by atoms with E-state index in [1.165, 1.54) is 6.07 Å². The van der Waals surface area contributed by atoms with Crippen molar-refractivity contribution in [3.8, 4) is 0 Å². The molecular weight excluding hydrogens is 280 g/mol. The fraction of sp³-hybridized carbons (Fsp3) is 0.417. The van der Waals surface area contributed by atoms with Crippen LogP contribution in [-0.4, -0.2) is 32.7 Å². The number of nitrogens with two attached hydrogens (primary N) is 2. The molecule has 112 valence electrons. The summed E-state index contributed by atoms with van der Waals surface area (Å²) in [7, 11) is -3.32. The second kappa shape index (κ2) is 5.68. The molecule has 0 atom stereocenters. The van der Waals surface area contributed by atoms with Crippen molar-refractivity contribution in [3.05, 3.63) is 23.8 Å². The van der Waals surface area contributed by atoms with Crippen molar-refractivity contribution in [2.45, 2.75) is 19.4 Å². The van der Waals surface area contributed by atoms with Gasteiger partial charge in [-0.05, 0) is 32.0 Å². The van der Waals surface area contributed by atoms with Gasteiger partial charge >= 0.3 is 0 Å². The lowest BCUT2D eigenvalue weighted by atomic mass is 10.1. The monoisotopic (exact) mass is 300 g/mol. The zero-order valence-corrected chi connectivity index (χ0v) is 12.5. The van der Waals surface area contributed by atoms with Gasteiger partial charge in [-0.25, -0.2) is 13.1 Å². The summed E-state index contributed by atoms with van der Waals surface area (Å²) in [4.78, 5) is 11.3. The number of nitrogen functional groups attached to an aromatic ring is 1. The summed E-state index contributed by atoms with van der Waals surface area (Å²) >= 11 is 0. The molecule has 0 saturated heterocycles. The molecule has 0 aliphatic rings. The van der Waals surface area contributed by atoms with Crippen molar-refractivity contribution >= 4 is 27.3 Å². The van der Waals surface area contributed by atoms with Crippen LogP contribution in [0, 0.1) is 0 Å². The number of anilines is 2. The number of hydrogen-bond donors (Lipinski definition) is 4. The predicted molar refractivity (Wildman–Crippen MR) is 79.9 cm³/mol. The molecule has 1 aromatic carbocycles. The van der Waals surface area contributed by atoms with E-state index < -0.39 is 21.5 Å². The number of amides is 1. The number of rotatable bonds is 6. The third-order valence-corrected chi connectivity index (χ3v) is 3.41. The van der Waals surface area contributed by atoms with Crippen LogP contribution in [-0.2, 0) is 10.0 Å². The van der Waals surface area contributed by atoms with Crippen LogP contribution in [0.1, 0.15) is 24.2 Å². The number of carbonyl (C=O) groups excluding carboxylic acids is 1. The Kier molecular flexibility index (Phi) is 4.61. The Labute approximate surface area is 118 Å². The van der Waals surface area contributed by atoms with Crippen LogP contribution in [0.4, 0.5) is 11.4 Å². The van der Waals surface area contributed by atoms with Crippen LogP contribution in [0.15, 0.2) is 18.2 Å². The molecule has 0 aliphatic carbocycles. The highest BCUT2D eigenvalue weighted by atomic mass is 32.2. The molecule has 0 aromatic heterocycles. The highest BCUT2D eigenvalue weighted by Gasteiger charge is 2.22. The third-order valence-electron chi connectivity index (χ3n) is 2.49. The van der Waals surface area contributed by atoms with Gasteiger partial charge in [0.05, 0.1) is 11.8 Å². The highest BCUT2D eigenvalue weighted by Crippen LogP contribution is 2.19. The summed E-state index contributed by atoms with van der Waals surface area (Å²) in [6, 6.07) is 4.74. The van der Waals surface area contributed by atoms with E-state index >= 15 is 0 Å². The van der Waals surface area contributed by atoms with E-state index in [0.717, 1.165) is 6.26 Å². The Morgan fingerprint density at radius 3 is 2.45 bits per heavy atom. The Morgan fingerprint density at radius 1 is 1.35 bits per heavy atom. The van der Waals surface area contributed by atoms with E-state index in [-0.39, 0.29) is 12.1 Å². The van der Waals surface area contributed by atoms with Crippen molar-refractivity contribution < 1.29 is 13.2 Å². The molecule has 6 N–H and O–H groups in total. The fourth-order valence-corrected chi connectivity index (χ4v) is 2.85. The summed E-state index contributed by atoms with van der Waals surface area (Å²) in [5.74, 6) is -0.603. The number of carbonyl (C=O) groups is 1. The van der Waals surface area contributed by atoms with Gasteiger partial charge in [-0.3, -0.25) is 4.79 Å². The van der Waals surface area contributed by atoms with Gasteiger partial charge in [0.15, 0.2) is 0 Å². The first-order valence-electron chi connectivity index (χ1n) is 5.92. The van der Waals surface area contributed by atoms with Gasteiger partial charge in [0.1, 0.15) is 0 Å². The van der Waals surface area contributed by atoms with E-state index in [1.54, 1.807) is 26.0 Å². The summed E-state index contributed by atoms with van der Waals surface area (Å²) in [6.07, 6.45) is 1.09. The number of nitrogens with one attached hydrogen (secondary N) is 2. The summed E-state index contributed by atoms with van der Waals surface area (Å²) in [6.45, 7) is 3.73. The molecule has 20 heavy (non-hydrogen) atoms. The van der Waals surface area contributed by atoms with Crippen LogP contribution < -0.4 is 21.5 Å². The molecule has 0 saturated carbocycles. The van der Waals surface area contributed by atoms with Gasteiger partial charge in [0.2, 0.25) is 10.0 Å². The largest absolute Gasteiger partial charge is 0.399 e. The first-order valence-corrected chi connectivity index (χ1v) is 7.81. The molecule has 1 aromatic rings. The van der Waals surface area contributed by atoms with E-state index in [2.05, 4.69) is 10.0 Å². The summed E-state index contributed by atoms with van der Waals surface area (Å²) in [5.41, 5.74) is 11.4. The van der Waals surface area contributed by atoms with E-state index in [0.29, 0.717) is 11.4 Å². The smallest absolute Gasteiger partial charge is 0.250 e. The van der Waals surface area contributed by atoms with Gasteiger partial charge in [0.25, 0.3) is 5.91 Å². The lowest BCUT2D eigenvalue weighted by molar-refractivity contribution is 0.100. The number of hydrogen-bond acceptors (Lipinski definition) is 5. The quantitative estimate of drug-likeness (QED) is 0.554. The van der Waals surface area contributed by atoms with Crippen molar-refractivity contribution in [1.82, 2.24) is 4.72 Å². The van der Waals surface area contributed by atoms with Crippen molar-refractivity contribution in [3.63, 3.8) is 0 Å². The number of primary amides is 1. The lowest BCUT2D eigenvalue weighted by Crippen LogP contribution is -2.47. The SMILES string of the molecule is CC(C)(CNc1ccc(N)cc1C(N)=O)NS(C)(=O)=O.